The highest BCUT2D eigenvalue weighted by Crippen LogP contribution is 2.28. The third-order valence-electron chi connectivity index (χ3n) is 5.71. The van der Waals surface area contributed by atoms with Crippen LogP contribution in [-0.4, -0.2) is 50.5 Å². The van der Waals surface area contributed by atoms with E-state index in [2.05, 4.69) is 6.07 Å². The first-order valence-electron chi connectivity index (χ1n) is 10.5. The fraction of sp³-hybridized carbons (Fsp3) is 0.435. The number of amides is 1. The first kappa shape index (κ1) is 21.0. The van der Waals surface area contributed by atoms with Crippen LogP contribution in [-0.2, 0) is 21.2 Å². The van der Waals surface area contributed by atoms with Gasteiger partial charge in [-0.15, -0.1) is 0 Å². The summed E-state index contributed by atoms with van der Waals surface area (Å²) in [5.41, 5.74) is 2.47. The maximum absolute atomic E-state index is 13.4. The van der Waals surface area contributed by atoms with Gasteiger partial charge in [0.2, 0.25) is 10.0 Å². The number of rotatable bonds is 3. The SMILES string of the molecule is C[C@@H]1CN(S(=O)(=O)c2cccc(C(=O)N3CCCCc4ccccc43)c2)C[C@@H](C)O1. The molecule has 0 radical (unpaired) electrons. The number of benzene rings is 2. The van der Waals surface area contributed by atoms with Crippen LogP contribution >= 0.6 is 0 Å². The smallest absolute Gasteiger partial charge is 0.258 e. The minimum Gasteiger partial charge on any atom is -0.373 e. The van der Waals surface area contributed by atoms with Crippen molar-refractivity contribution in [1.82, 2.24) is 4.31 Å². The van der Waals surface area contributed by atoms with Crippen molar-refractivity contribution in [3.8, 4) is 0 Å². The highest BCUT2D eigenvalue weighted by atomic mass is 32.2. The zero-order valence-electron chi connectivity index (χ0n) is 17.5. The molecule has 0 aliphatic carbocycles. The van der Waals surface area contributed by atoms with Gasteiger partial charge in [0.25, 0.3) is 5.91 Å². The lowest BCUT2D eigenvalue weighted by molar-refractivity contribution is -0.0440. The number of sulfonamides is 1. The summed E-state index contributed by atoms with van der Waals surface area (Å²) in [6, 6.07) is 14.4. The van der Waals surface area contributed by atoms with Crippen molar-refractivity contribution in [2.45, 2.75) is 50.2 Å². The van der Waals surface area contributed by atoms with E-state index in [0.717, 1.165) is 30.5 Å². The molecule has 2 aromatic carbocycles. The number of morpholine rings is 1. The van der Waals surface area contributed by atoms with E-state index in [4.69, 9.17) is 4.74 Å². The molecule has 2 aliphatic rings. The van der Waals surface area contributed by atoms with Crippen molar-refractivity contribution < 1.29 is 17.9 Å². The molecular weight excluding hydrogens is 400 g/mol. The first-order valence-corrected chi connectivity index (χ1v) is 12.0. The molecule has 0 N–H and O–H groups in total. The van der Waals surface area contributed by atoms with Crippen LogP contribution in [0.2, 0.25) is 0 Å². The number of hydrogen-bond donors (Lipinski definition) is 0. The average molecular weight is 429 g/mol. The van der Waals surface area contributed by atoms with Crippen molar-refractivity contribution >= 4 is 21.6 Å². The number of para-hydroxylation sites is 1. The van der Waals surface area contributed by atoms with Crippen LogP contribution in [0.4, 0.5) is 5.69 Å². The van der Waals surface area contributed by atoms with Crippen molar-refractivity contribution in [2.75, 3.05) is 24.5 Å². The maximum Gasteiger partial charge on any atom is 0.258 e. The van der Waals surface area contributed by atoms with Crippen LogP contribution in [0, 0.1) is 0 Å². The molecule has 0 spiro atoms. The number of carbonyl (C=O) groups is 1. The molecule has 2 heterocycles. The molecule has 0 unspecified atom stereocenters. The van der Waals surface area contributed by atoms with E-state index in [-0.39, 0.29) is 23.0 Å². The lowest BCUT2D eigenvalue weighted by atomic mass is 10.1. The molecule has 1 fully saturated rings. The molecule has 7 heteroatoms. The van der Waals surface area contributed by atoms with E-state index in [1.807, 2.05) is 32.0 Å². The van der Waals surface area contributed by atoms with E-state index in [0.29, 0.717) is 25.2 Å². The van der Waals surface area contributed by atoms with Gasteiger partial charge in [-0.3, -0.25) is 4.79 Å². The Kier molecular flexibility index (Phi) is 5.95. The molecule has 0 bridgehead atoms. The summed E-state index contributed by atoms with van der Waals surface area (Å²) >= 11 is 0. The lowest BCUT2D eigenvalue weighted by Gasteiger charge is -2.34. The Morgan fingerprint density at radius 3 is 2.50 bits per heavy atom. The molecular formula is C23H28N2O4S. The number of carbonyl (C=O) groups excluding carboxylic acids is 1. The largest absolute Gasteiger partial charge is 0.373 e. The predicted octanol–water partition coefficient (Wildman–Crippen LogP) is 3.47. The molecule has 6 nitrogen and oxygen atoms in total. The summed E-state index contributed by atoms with van der Waals surface area (Å²) < 4.78 is 33.6. The van der Waals surface area contributed by atoms with E-state index in [9.17, 15) is 13.2 Å². The highest BCUT2D eigenvalue weighted by molar-refractivity contribution is 7.89. The molecule has 0 aromatic heterocycles. The van der Waals surface area contributed by atoms with Crippen molar-refractivity contribution in [3.63, 3.8) is 0 Å². The number of aryl methyl sites for hydroxylation is 1. The van der Waals surface area contributed by atoms with Crippen LogP contribution in [0.1, 0.15) is 42.6 Å². The molecule has 160 valence electrons. The number of ether oxygens (including phenoxy) is 1. The summed E-state index contributed by atoms with van der Waals surface area (Å²) in [5, 5.41) is 0. The van der Waals surface area contributed by atoms with Crippen LogP contribution in [0.5, 0.6) is 0 Å². The summed E-state index contributed by atoms with van der Waals surface area (Å²) in [6.07, 6.45) is 2.57. The summed E-state index contributed by atoms with van der Waals surface area (Å²) in [4.78, 5) is 15.3. The van der Waals surface area contributed by atoms with Gasteiger partial charge in [0, 0.05) is 30.9 Å². The zero-order chi connectivity index (χ0) is 21.3. The summed E-state index contributed by atoms with van der Waals surface area (Å²) in [7, 11) is -3.70. The van der Waals surface area contributed by atoms with E-state index < -0.39 is 10.0 Å². The van der Waals surface area contributed by atoms with Gasteiger partial charge in [0.05, 0.1) is 17.1 Å². The van der Waals surface area contributed by atoms with Gasteiger partial charge in [-0.05, 0) is 62.9 Å². The monoisotopic (exact) mass is 428 g/mol. The number of nitrogens with zero attached hydrogens (tertiary/aromatic N) is 2. The van der Waals surface area contributed by atoms with Crippen LogP contribution in [0.25, 0.3) is 0 Å². The second kappa shape index (κ2) is 8.49. The summed E-state index contributed by atoms with van der Waals surface area (Å²) in [6.45, 7) is 4.99. The number of hydrogen-bond acceptors (Lipinski definition) is 4. The van der Waals surface area contributed by atoms with Gasteiger partial charge < -0.3 is 9.64 Å². The Balaban J connectivity index is 1.64. The van der Waals surface area contributed by atoms with Crippen LogP contribution in [0.3, 0.4) is 0 Å². The Labute approximate surface area is 178 Å². The standard InChI is InChI=1S/C23H28N2O4S/c1-17-15-24(16-18(2)29-17)30(27,28)21-11-7-10-20(14-21)23(26)25-13-6-5-9-19-8-3-4-12-22(19)25/h3-4,7-8,10-12,14,17-18H,5-6,9,13,15-16H2,1-2H3/t17-,18-/m1/s1. The van der Waals surface area contributed by atoms with Gasteiger partial charge >= 0.3 is 0 Å². The second-order valence-corrected chi connectivity index (χ2v) is 10.1. The summed E-state index contributed by atoms with van der Waals surface area (Å²) in [5.74, 6) is -0.162. The third kappa shape index (κ3) is 4.15. The molecule has 2 aliphatic heterocycles. The zero-order valence-corrected chi connectivity index (χ0v) is 18.3. The van der Waals surface area contributed by atoms with Gasteiger partial charge in [-0.25, -0.2) is 8.42 Å². The molecule has 4 rings (SSSR count). The minimum atomic E-state index is -3.70. The second-order valence-electron chi connectivity index (χ2n) is 8.15. The molecule has 1 saturated heterocycles. The van der Waals surface area contributed by atoms with Crippen LogP contribution < -0.4 is 4.90 Å². The Morgan fingerprint density at radius 2 is 1.73 bits per heavy atom. The average Bonchev–Trinajstić information content (AvgIpc) is 2.95. The fourth-order valence-corrected chi connectivity index (χ4v) is 5.96. The van der Waals surface area contributed by atoms with Crippen molar-refractivity contribution in [2.24, 2.45) is 0 Å². The Hall–Kier alpha value is -2.22. The van der Waals surface area contributed by atoms with E-state index >= 15 is 0 Å². The Bertz CT molecular complexity index is 1030. The van der Waals surface area contributed by atoms with Crippen LogP contribution in [0.15, 0.2) is 53.4 Å². The normalized spacial score (nSPS) is 22.9. The van der Waals surface area contributed by atoms with E-state index in [1.54, 1.807) is 23.1 Å². The fourth-order valence-electron chi connectivity index (χ4n) is 4.32. The quantitative estimate of drug-likeness (QED) is 0.751. The van der Waals surface area contributed by atoms with Gasteiger partial charge in [0.15, 0.2) is 0 Å². The van der Waals surface area contributed by atoms with Crippen molar-refractivity contribution in [1.29, 1.82) is 0 Å². The molecule has 1 amide bonds. The van der Waals surface area contributed by atoms with Gasteiger partial charge in [-0.1, -0.05) is 24.3 Å². The molecule has 30 heavy (non-hydrogen) atoms. The molecule has 0 saturated carbocycles. The number of fused-ring (bicyclic) bond motifs is 1. The van der Waals surface area contributed by atoms with Gasteiger partial charge in [0.1, 0.15) is 0 Å². The number of anilines is 1. The molecule has 2 aromatic rings. The third-order valence-corrected chi connectivity index (χ3v) is 7.54. The van der Waals surface area contributed by atoms with Gasteiger partial charge in [-0.2, -0.15) is 4.31 Å². The van der Waals surface area contributed by atoms with E-state index in [1.165, 1.54) is 10.4 Å². The topological polar surface area (TPSA) is 66.9 Å². The predicted molar refractivity (Wildman–Crippen MR) is 116 cm³/mol. The first-order chi connectivity index (χ1) is 14.4. The lowest BCUT2D eigenvalue weighted by Crippen LogP contribution is -2.48. The maximum atomic E-state index is 13.4. The minimum absolute atomic E-state index is 0.151. The Morgan fingerprint density at radius 1 is 1.00 bits per heavy atom. The van der Waals surface area contributed by atoms with Crippen molar-refractivity contribution in [3.05, 3.63) is 59.7 Å². The highest BCUT2D eigenvalue weighted by Gasteiger charge is 2.33. The molecule has 2 atom stereocenters.